The van der Waals surface area contributed by atoms with Gasteiger partial charge in [0.05, 0.1) is 6.54 Å². The van der Waals surface area contributed by atoms with E-state index in [-0.39, 0.29) is 17.8 Å². The summed E-state index contributed by atoms with van der Waals surface area (Å²) >= 11 is 3.32. The molecule has 1 aliphatic heterocycles. The van der Waals surface area contributed by atoms with Crippen LogP contribution in [0.15, 0.2) is 47.1 Å². The fourth-order valence-corrected chi connectivity index (χ4v) is 2.62. The number of rotatable bonds is 3. The number of amides is 1. The van der Waals surface area contributed by atoms with Crippen LogP contribution in [0.3, 0.4) is 0 Å². The van der Waals surface area contributed by atoms with E-state index in [0.717, 1.165) is 10.9 Å². The van der Waals surface area contributed by atoms with Crippen molar-refractivity contribution < 1.29 is 13.9 Å². The van der Waals surface area contributed by atoms with Crippen LogP contribution in [0.2, 0.25) is 0 Å². The smallest absolute Gasteiger partial charge is 0.253 e. The molecule has 114 valence electrons. The molecule has 1 atom stereocenters. The number of carbonyl (C=O) groups is 1. The third-order valence-electron chi connectivity index (χ3n) is 3.51. The molecule has 0 bridgehead atoms. The van der Waals surface area contributed by atoms with Gasteiger partial charge in [-0.3, -0.25) is 4.79 Å². The third kappa shape index (κ3) is 3.44. The van der Waals surface area contributed by atoms with Crippen molar-refractivity contribution in [1.82, 2.24) is 9.88 Å². The summed E-state index contributed by atoms with van der Waals surface area (Å²) in [6.45, 7) is 1.13. The highest BCUT2D eigenvalue weighted by atomic mass is 79.9. The molecule has 0 saturated carbocycles. The molecule has 1 aromatic carbocycles. The molecule has 4 nitrogen and oxygen atoms in total. The van der Waals surface area contributed by atoms with Gasteiger partial charge in [-0.2, -0.15) is 0 Å². The molecule has 0 radical (unpaired) electrons. The number of benzene rings is 1. The average molecular weight is 365 g/mol. The third-order valence-corrected chi connectivity index (χ3v) is 3.98. The van der Waals surface area contributed by atoms with Crippen molar-refractivity contribution in [2.75, 3.05) is 13.1 Å². The zero-order chi connectivity index (χ0) is 15.5. The van der Waals surface area contributed by atoms with Gasteiger partial charge in [0.2, 0.25) is 5.88 Å². The molecule has 2 aromatic rings. The number of aromatic nitrogens is 1. The van der Waals surface area contributed by atoms with Crippen LogP contribution in [0.25, 0.3) is 0 Å². The molecule has 6 heteroatoms. The van der Waals surface area contributed by atoms with E-state index in [2.05, 4.69) is 20.9 Å². The van der Waals surface area contributed by atoms with Crippen LogP contribution in [0, 0.1) is 5.82 Å². The number of hydrogen-bond donors (Lipinski definition) is 0. The van der Waals surface area contributed by atoms with Crippen LogP contribution in [0.1, 0.15) is 16.8 Å². The van der Waals surface area contributed by atoms with Gasteiger partial charge in [-0.15, -0.1) is 0 Å². The van der Waals surface area contributed by atoms with Gasteiger partial charge in [-0.25, -0.2) is 9.37 Å². The number of nitrogens with zero attached hydrogens (tertiary/aromatic N) is 2. The number of hydrogen-bond acceptors (Lipinski definition) is 3. The summed E-state index contributed by atoms with van der Waals surface area (Å²) in [6, 6.07) is 9.24. The summed E-state index contributed by atoms with van der Waals surface area (Å²) in [6.07, 6.45) is 2.36. The summed E-state index contributed by atoms with van der Waals surface area (Å²) < 4.78 is 19.6. The van der Waals surface area contributed by atoms with Gasteiger partial charge in [0.1, 0.15) is 11.9 Å². The Bertz CT molecular complexity index is 661. The first-order valence-electron chi connectivity index (χ1n) is 6.95. The van der Waals surface area contributed by atoms with Crippen molar-refractivity contribution in [3.63, 3.8) is 0 Å². The van der Waals surface area contributed by atoms with Gasteiger partial charge < -0.3 is 9.64 Å². The minimum absolute atomic E-state index is 0.0712. The molecule has 0 spiro atoms. The molecule has 1 unspecified atom stereocenters. The maximum absolute atomic E-state index is 12.9. The zero-order valence-corrected chi connectivity index (χ0v) is 13.3. The van der Waals surface area contributed by atoms with Crippen LogP contribution in [0.4, 0.5) is 4.39 Å². The first-order valence-corrected chi connectivity index (χ1v) is 7.74. The van der Waals surface area contributed by atoms with Crippen LogP contribution < -0.4 is 4.74 Å². The lowest BCUT2D eigenvalue weighted by molar-refractivity contribution is 0.0771. The topological polar surface area (TPSA) is 42.4 Å². The fourth-order valence-electron chi connectivity index (χ4n) is 2.39. The van der Waals surface area contributed by atoms with Crippen molar-refractivity contribution in [3.8, 4) is 5.88 Å². The molecule has 2 heterocycles. The number of halogens is 2. The normalized spacial score (nSPS) is 17.5. The highest BCUT2D eigenvalue weighted by Crippen LogP contribution is 2.20. The summed E-state index contributed by atoms with van der Waals surface area (Å²) in [5, 5.41) is 0. The van der Waals surface area contributed by atoms with Gasteiger partial charge >= 0.3 is 0 Å². The number of pyridine rings is 1. The Morgan fingerprint density at radius 2 is 2.05 bits per heavy atom. The maximum atomic E-state index is 12.9. The number of likely N-dealkylation sites (tertiary alicyclic amines) is 1. The molecule has 22 heavy (non-hydrogen) atoms. The summed E-state index contributed by atoms with van der Waals surface area (Å²) in [4.78, 5) is 18.2. The fraction of sp³-hybridized carbons (Fsp3) is 0.250. The Morgan fingerprint density at radius 3 is 2.73 bits per heavy atom. The van der Waals surface area contributed by atoms with Gasteiger partial charge in [0.15, 0.2) is 0 Å². The molecule has 0 aliphatic carbocycles. The quantitative estimate of drug-likeness (QED) is 0.839. The first-order chi connectivity index (χ1) is 10.6. The highest BCUT2D eigenvalue weighted by Gasteiger charge is 2.28. The molecule has 0 N–H and O–H groups in total. The molecule has 1 saturated heterocycles. The van der Waals surface area contributed by atoms with Crippen LogP contribution >= 0.6 is 15.9 Å². The lowest BCUT2D eigenvalue weighted by Crippen LogP contribution is -2.31. The molecule has 1 aliphatic rings. The van der Waals surface area contributed by atoms with Gasteiger partial charge in [0, 0.05) is 35.3 Å². The highest BCUT2D eigenvalue weighted by molar-refractivity contribution is 9.10. The molecule has 1 amide bonds. The Morgan fingerprint density at radius 1 is 1.27 bits per heavy atom. The standard InChI is InChI=1S/C16H14BrFN2O2/c17-12-3-6-15(19-9-12)22-14-7-8-20(10-14)16(21)11-1-4-13(18)5-2-11/h1-6,9,14H,7-8,10H2. The van der Waals surface area contributed by atoms with E-state index in [0.29, 0.717) is 24.5 Å². The SMILES string of the molecule is O=C(c1ccc(F)cc1)N1CCC(Oc2ccc(Br)cn2)C1. The molecule has 1 aromatic heterocycles. The predicted molar refractivity (Wildman–Crippen MR) is 83.3 cm³/mol. The van der Waals surface area contributed by atoms with E-state index in [1.165, 1.54) is 24.3 Å². The zero-order valence-electron chi connectivity index (χ0n) is 11.7. The summed E-state index contributed by atoms with van der Waals surface area (Å²) in [5.74, 6) is 0.0969. The molecule has 1 fully saturated rings. The van der Waals surface area contributed by atoms with E-state index in [1.807, 2.05) is 6.07 Å². The Labute approximate surface area is 136 Å². The number of carbonyl (C=O) groups excluding carboxylic acids is 1. The predicted octanol–water partition coefficient (Wildman–Crippen LogP) is 3.28. The largest absolute Gasteiger partial charge is 0.472 e. The van der Waals surface area contributed by atoms with E-state index >= 15 is 0 Å². The van der Waals surface area contributed by atoms with Crippen molar-refractivity contribution in [2.45, 2.75) is 12.5 Å². The lowest BCUT2D eigenvalue weighted by atomic mass is 10.2. The Kier molecular flexibility index (Phi) is 4.38. The van der Waals surface area contributed by atoms with Gasteiger partial charge in [-0.1, -0.05) is 0 Å². The summed E-state index contributed by atoms with van der Waals surface area (Å²) in [5.41, 5.74) is 0.490. The monoisotopic (exact) mass is 364 g/mol. The van der Waals surface area contributed by atoms with Crippen LogP contribution in [0.5, 0.6) is 5.88 Å². The maximum Gasteiger partial charge on any atom is 0.253 e. The van der Waals surface area contributed by atoms with Gasteiger partial charge in [0.25, 0.3) is 5.91 Å². The second kappa shape index (κ2) is 6.44. The van der Waals surface area contributed by atoms with Crippen molar-refractivity contribution in [3.05, 3.63) is 58.4 Å². The van der Waals surface area contributed by atoms with Crippen LogP contribution in [-0.2, 0) is 0 Å². The first kappa shape index (κ1) is 15.0. The Balaban J connectivity index is 1.61. The van der Waals surface area contributed by atoms with E-state index in [4.69, 9.17) is 4.74 Å². The minimum atomic E-state index is -0.347. The molecular weight excluding hydrogens is 351 g/mol. The summed E-state index contributed by atoms with van der Waals surface area (Å²) in [7, 11) is 0. The van der Waals surface area contributed by atoms with Crippen molar-refractivity contribution in [1.29, 1.82) is 0 Å². The van der Waals surface area contributed by atoms with E-state index in [1.54, 1.807) is 17.2 Å². The molecule has 3 rings (SSSR count). The second-order valence-electron chi connectivity index (χ2n) is 5.10. The Hall–Kier alpha value is -1.95. The van der Waals surface area contributed by atoms with Gasteiger partial charge in [-0.05, 0) is 46.3 Å². The average Bonchev–Trinajstić information content (AvgIpc) is 2.98. The molecular formula is C16H14BrFN2O2. The minimum Gasteiger partial charge on any atom is -0.472 e. The van der Waals surface area contributed by atoms with E-state index in [9.17, 15) is 9.18 Å². The van der Waals surface area contributed by atoms with Crippen molar-refractivity contribution in [2.24, 2.45) is 0 Å². The van der Waals surface area contributed by atoms with E-state index < -0.39 is 0 Å². The van der Waals surface area contributed by atoms with Crippen LogP contribution in [-0.4, -0.2) is 35.0 Å². The lowest BCUT2D eigenvalue weighted by Gasteiger charge is -2.17. The second-order valence-corrected chi connectivity index (χ2v) is 6.02. The van der Waals surface area contributed by atoms with Crippen molar-refractivity contribution >= 4 is 21.8 Å². The number of ether oxygens (including phenoxy) is 1.